The first-order valence-electron chi connectivity index (χ1n) is 7.06. The molecule has 5 nitrogen and oxygen atoms in total. The highest BCUT2D eigenvalue weighted by Crippen LogP contribution is 2.27. The van der Waals surface area contributed by atoms with Crippen LogP contribution in [0.4, 0.5) is 11.4 Å². The molecule has 0 spiro atoms. The maximum atomic E-state index is 11.6. The lowest BCUT2D eigenvalue weighted by Crippen LogP contribution is -2.45. The fraction of sp³-hybridized carbons (Fsp3) is 0.533. The number of hydrogen-bond acceptors (Lipinski definition) is 4. The van der Waals surface area contributed by atoms with Gasteiger partial charge in [-0.1, -0.05) is 0 Å². The first-order chi connectivity index (χ1) is 9.52. The topological polar surface area (TPSA) is 61.6 Å². The zero-order valence-electron chi connectivity index (χ0n) is 12.5. The molecule has 0 bridgehead atoms. The summed E-state index contributed by atoms with van der Waals surface area (Å²) in [6, 6.07) is 5.99. The summed E-state index contributed by atoms with van der Waals surface area (Å²) in [4.78, 5) is 16.2. The minimum atomic E-state index is -0.108. The second-order valence-corrected chi connectivity index (χ2v) is 5.52. The van der Waals surface area contributed by atoms with Gasteiger partial charge in [-0.3, -0.25) is 4.79 Å². The molecule has 1 amide bonds. The zero-order valence-corrected chi connectivity index (χ0v) is 12.5. The lowest BCUT2D eigenvalue weighted by molar-refractivity contribution is 0.0963. The van der Waals surface area contributed by atoms with Crippen LogP contribution in [0.1, 0.15) is 23.2 Å². The van der Waals surface area contributed by atoms with Gasteiger partial charge in [0.05, 0.1) is 11.4 Å². The summed E-state index contributed by atoms with van der Waals surface area (Å²) >= 11 is 0. The Kier molecular flexibility index (Phi) is 4.49. The molecule has 0 saturated carbocycles. The van der Waals surface area contributed by atoms with Crippen molar-refractivity contribution in [2.45, 2.75) is 18.9 Å². The number of nitrogens with zero attached hydrogens (tertiary/aromatic N) is 2. The molecule has 2 rings (SSSR count). The number of carbonyl (C=O) groups excluding carboxylic acids is 1. The van der Waals surface area contributed by atoms with Crippen molar-refractivity contribution in [2.75, 3.05) is 44.9 Å². The number of nitrogens with two attached hydrogens (primary N) is 1. The van der Waals surface area contributed by atoms with Crippen molar-refractivity contribution in [2.24, 2.45) is 0 Å². The fourth-order valence-corrected chi connectivity index (χ4v) is 2.81. The molecule has 0 aliphatic carbocycles. The van der Waals surface area contributed by atoms with Gasteiger partial charge in [0.2, 0.25) is 0 Å². The van der Waals surface area contributed by atoms with Crippen LogP contribution in [0.5, 0.6) is 0 Å². The predicted molar refractivity (Wildman–Crippen MR) is 83.2 cm³/mol. The van der Waals surface area contributed by atoms with Crippen LogP contribution in [0.3, 0.4) is 0 Å². The summed E-state index contributed by atoms with van der Waals surface area (Å²) in [6.07, 6.45) is 2.39. The number of amides is 1. The highest BCUT2D eigenvalue weighted by molar-refractivity contribution is 5.96. The lowest BCUT2D eigenvalue weighted by Gasteiger charge is -2.37. The Morgan fingerprint density at radius 3 is 2.85 bits per heavy atom. The zero-order chi connectivity index (χ0) is 14.7. The normalized spacial score (nSPS) is 19.6. The number of likely N-dealkylation sites (N-methyl/N-ethyl adjacent to an activating group) is 2. The molecule has 20 heavy (non-hydrogen) atoms. The van der Waals surface area contributed by atoms with Crippen molar-refractivity contribution < 1.29 is 4.79 Å². The molecule has 1 aliphatic heterocycles. The average molecular weight is 276 g/mol. The molecule has 1 aromatic rings. The van der Waals surface area contributed by atoms with E-state index in [9.17, 15) is 4.79 Å². The van der Waals surface area contributed by atoms with E-state index in [1.807, 2.05) is 12.1 Å². The summed E-state index contributed by atoms with van der Waals surface area (Å²) < 4.78 is 0. The number of rotatable bonds is 3. The smallest absolute Gasteiger partial charge is 0.251 e. The Morgan fingerprint density at radius 2 is 2.25 bits per heavy atom. The highest BCUT2D eigenvalue weighted by Gasteiger charge is 2.22. The first-order valence-corrected chi connectivity index (χ1v) is 7.06. The van der Waals surface area contributed by atoms with Crippen LogP contribution in [0.15, 0.2) is 18.2 Å². The molecule has 1 heterocycles. The minimum absolute atomic E-state index is 0.108. The van der Waals surface area contributed by atoms with Crippen molar-refractivity contribution in [3.8, 4) is 0 Å². The molecule has 1 saturated heterocycles. The number of nitrogens with one attached hydrogen (secondary N) is 1. The third-order valence-corrected chi connectivity index (χ3v) is 4.04. The van der Waals surface area contributed by atoms with Gasteiger partial charge in [0, 0.05) is 32.2 Å². The summed E-state index contributed by atoms with van der Waals surface area (Å²) in [5.74, 6) is -0.108. The molecule has 1 fully saturated rings. The number of hydrogen-bond donors (Lipinski definition) is 2. The van der Waals surface area contributed by atoms with Gasteiger partial charge in [0.25, 0.3) is 5.91 Å². The van der Waals surface area contributed by atoms with E-state index in [4.69, 9.17) is 5.73 Å². The maximum absolute atomic E-state index is 11.6. The molecule has 3 N–H and O–H groups in total. The Balaban J connectivity index is 2.17. The van der Waals surface area contributed by atoms with Crippen LogP contribution >= 0.6 is 0 Å². The van der Waals surface area contributed by atoms with E-state index in [0.29, 0.717) is 17.3 Å². The van der Waals surface area contributed by atoms with E-state index in [1.165, 1.54) is 12.8 Å². The number of carbonyl (C=O) groups is 1. The second-order valence-electron chi connectivity index (χ2n) is 5.52. The number of piperidine rings is 1. The Bertz CT molecular complexity index is 489. The standard InChI is InChI=1S/C15H24N4O/c1-17-15(20)11-6-7-14(13(16)9-11)19(3)12-5-4-8-18(2)10-12/h6-7,9,12H,4-5,8,10,16H2,1-3H3,(H,17,20). The molecular formula is C15H24N4O. The first kappa shape index (κ1) is 14.7. The molecule has 1 unspecified atom stereocenters. The van der Waals surface area contributed by atoms with Crippen LogP contribution in [0.25, 0.3) is 0 Å². The summed E-state index contributed by atoms with van der Waals surface area (Å²) in [5.41, 5.74) is 8.37. The summed E-state index contributed by atoms with van der Waals surface area (Å²) in [6.45, 7) is 2.21. The van der Waals surface area contributed by atoms with E-state index in [-0.39, 0.29) is 5.91 Å². The molecule has 1 aliphatic rings. The van der Waals surface area contributed by atoms with E-state index >= 15 is 0 Å². The quantitative estimate of drug-likeness (QED) is 0.813. The average Bonchev–Trinajstić information content (AvgIpc) is 2.45. The van der Waals surface area contributed by atoms with E-state index in [1.54, 1.807) is 13.1 Å². The van der Waals surface area contributed by atoms with Crippen molar-refractivity contribution in [3.63, 3.8) is 0 Å². The van der Waals surface area contributed by atoms with Gasteiger partial charge in [-0.05, 0) is 44.6 Å². The molecule has 1 atom stereocenters. The Morgan fingerprint density at radius 1 is 1.50 bits per heavy atom. The minimum Gasteiger partial charge on any atom is -0.397 e. The maximum Gasteiger partial charge on any atom is 0.251 e. The number of benzene rings is 1. The van der Waals surface area contributed by atoms with Crippen LogP contribution in [-0.2, 0) is 0 Å². The molecule has 110 valence electrons. The Labute approximate surface area is 120 Å². The highest BCUT2D eigenvalue weighted by atomic mass is 16.1. The molecule has 0 aromatic heterocycles. The number of likely N-dealkylation sites (tertiary alicyclic amines) is 1. The monoisotopic (exact) mass is 276 g/mol. The number of anilines is 2. The van der Waals surface area contributed by atoms with Crippen molar-refractivity contribution in [1.82, 2.24) is 10.2 Å². The third kappa shape index (κ3) is 3.04. The number of nitrogen functional groups attached to an aromatic ring is 1. The van der Waals surface area contributed by atoms with Gasteiger partial charge in [-0.2, -0.15) is 0 Å². The second kappa shape index (κ2) is 6.13. The van der Waals surface area contributed by atoms with Gasteiger partial charge in [0.1, 0.15) is 0 Å². The Hall–Kier alpha value is -1.75. The van der Waals surface area contributed by atoms with Crippen LogP contribution in [-0.4, -0.2) is 51.1 Å². The SMILES string of the molecule is CNC(=O)c1ccc(N(C)C2CCCN(C)C2)c(N)c1. The van der Waals surface area contributed by atoms with Crippen molar-refractivity contribution in [3.05, 3.63) is 23.8 Å². The summed E-state index contributed by atoms with van der Waals surface area (Å²) in [7, 11) is 5.85. The van der Waals surface area contributed by atoms with Gasteiger partial charge in [-0.15, -0.1) is 0 Å². The fourth-order valence-electron chi connectivity index (χ4n) is 2.81. The molecular weight excluding hydrogens is 252 g/mol. The van der Waals surface area contributed by atoms with Crippen LogP contribution in [0, 0.1) is 0 Å². The van der Waals surface area contributed by atoms with Gasteiger partial charge in [0.15, 0.2) is 0 Å². The third-order valence-electron chi connectivity index (χ3n) is 4.04. The van der Waals surface area contributed by atoms with E-state index in [0.717, 1.165) is 18.8 Å². The largest absolute Gasteiger partial charge is 0.397 e. The van der Waals surface area contributed by atoms with Gasteiger partial charge >= 0.3 is 0 Å². The van der Waals surface area contributed by atoms with Crippen molar-refractivity contribution in [1.29, 1.82) is 0 Å². The van der Waals surface area contributed by atoms with Crippen LogP contribution in [0.2, 0.25) is 0 Å². The molecule has 0 radical (unpaired) electrons. The van der Waals surface area contributed by atoms with E-state index in [2.05, 4.69) is 29.2 Å². The predicted octanol–water partition coefficient (Wildman–Crippen LogP) is 1.16. The lowest BCUT2D eigenvalue weighted by atomic mass is 10.0. The van der Waals surface area contributed by atoms with Gasteiger partial charge < -0.3 is 20.9 Å². The molecule has 1 aromatic carbocycles. The molecule has 5 heteroatoms. The van der Waals surface area contributed by atoms with Gasteiger partial charge in [-0.25, -0.2) is 0 Å². The van der Waals surface area contributed by atoms with Crippen molar-refractivity contribution >= 4 is 17.3 Å². The summed E-state index contributed by atoms with van der Waals surface area (Å²) in [5, 5.41) is 2.61. The van der Waals surface area contributed by atoms with E-state index < -0.39 is 0 Å². The van der Waals surface area contributed by atoms with Crippen LogP contribution < -0.4 is 16.0 Å².